The number of aromatic nitrogens is 8. The van der Waals surface area contributed by atoms with E-state index in [2.05, 4.69) is 58.0 Å². The van der Waals surface area contributed by atoms with Crippen molar-refractivity contribution in [3.8, 4) is 22.5 Å². The van der Waals surface area contributed by atoms with Crippen LogP contribution >= 0.6 is 35.6 Å². The minimum absolute atomic E-state index is 0. The summed E-state index contributed by atoms with van der Waals surface area (Å²) in [6, 6.07) is 39.6. The lowest BCUT2D eigenvalue weighted by Crippen LogP contribution is -2.33. The van der Waals surface area contributed by atoms with Crippen LogP contribution < -0.4 is 21.7 Å². The number of amides is 1. The molecule has 5 aromatic carbocycles. The average molecular weight is 1110 g/mol. The van der Waals surface area contributed by atoms with Gasteiger partial charge in [-0.15, -0.1) is 12.4 Å². The third-order valence-electron chi connectivity index (χ3n) is 11.9. The van der Waals surface area contributed by atoms with Gasteiger partial charge >= 0.3 is 6.09 Å². The molecule has 20 heteroatoms. The first-order valence-corrected chi connectivity index (χ1v) is 25.9. The molecule has 0 radical (unpaired) electrons. The molecule has 398 valence electrons. The van der Waals surface area contributed by atoms with E-state index in [-0.39, 0.29) is 37.2 Å². The molecular weight excluding hydrogens is 1060 g/mol. The van der Waals surface area contributed by atoms with E-state index in [4.69, 9.17) is 38.7 Å². The highest BCUT2D eigenvalue weighted by Gasteiger charge is 2.24. The summed E-state index contributed by atoms with van der Waals surface area (Å²) in [4.78, 5) is 40.3. The first kappa shape index (κ1) is 56.8. The second kappa shape index (κ2) is 24.0. The molecule has 6 heterocycles. The zero-order valence-corrected chi connectivity index (χ0v) is 43.9. The summed E-state index contributed by atoms with van der Waals surface area (Å²) in [5, 5.41) is 14.0. The number of halogens is 3. The molecule has 0 aliphatic rings. The maximum absolute atomic E-state index is 13.6. The number of benzene rings is 5. The maximum atomic E-state index is 13.6. The molecule has 6 aromatic heterocycles. The Morgan fingerprint density at radius 1 is 0.688 bits per heavy atom. The molecule has 11 rings (SSSR count). The monoisotopic (exact) mass is 1110 g/mol. The van der Waals surface area contributed by atoms with Crippen molar-refractivity contribution in [1.29, 1.82) is 0 Å². The van der Waals surface area contributed by atoms with E-state index < -0.39 is 21.7 Å². The van der Waals surface area contributed by atoms with E-state index in [0.717, 1.165) is 67.5 Å². The number of rotatable bonds is 13. The fourth-order valence-corrected chi connectivity index (χ4v) is 10.3. The number of carbonyl (C=O) groups excluding carboxylic acids is 1. The number of nitrogens with zero attached hydrogens (tertiary/aromatic N) is 5. The van der Waals surface area contributed by atoms with E-state index in [1.807, 2.05) is 99.8 Å². The molecule has 0 saturated heterocycles. The van der Waals surface area contributed by atoms with Crippen molar-refractivity contribution in [1.82, 2.24) is 44.2 Å². The van der Waals surface area contributed by atoms with Gasteiger partial charge < -0.3 is 41.4 Å². The van der Waals surface area contributed by atoms with Gasteiger partial charge in [0, 0.05) is 86.6 Å². The summed E-state index contributed by atoms with van der Waals surface area (Å²) in [5.41, 5.74) is 14.9. The number of anilines is 4. The molecule has 77 heavy (non-hydrogen) atoms. The van der Waals surface area contributed by atoms with E-state index >= 15 is 0 Å². The van der Waals surface area contributed by atoms with Crippen LogP contribution in [0.2, 0.25) is 10.0 Å². The highest BCUT2D eigenvalue weighted by atomic mass is 35.5. The van der Waals surface area contributed by atoms with Crippen LogP contribution in [0.3, 0.4) is 0 Å². The van der Waals surface area contributed by atoms with Crippen LogP contribution in [-0.4, -0.2) is 72.1 Å². The van der Waals surface area contributed by atoms with Gasteiger partial charge in [0.05, 0.1) is 44.2 Å². The van der Waals surface area contributed by atoms with E-state index in [9.17, 15) is 13.2 Å². The van der Waals surface area contributed by atoms with E-state index in [0.29, 0.717) is 64.3 Å². The van der Waals surface area contributed by atoms with Crippen molar-refractivity contribution in [2.45, 2.75) is 59.0 Å². The lowest BCUT2D eigenvalue weighted by Gasteiger charge is -2.19. The zero-order chi connectivity index (χ0) is 51.6. The van der Waals surface area contributed by atoms with Crippen LogP contribution in [0.15, 0.2) is 157 Å². The maximum Gasteiger partial charge on any atom is 0.407 e. The van der Waals surface area contributed by atoms with Crippen molar-refractivity contribution in [2.24, 2.45) is 5.73 Å². The van der Waals surface area contributed by atoms with Gasteiger partial charge in [0.2, 0.25) is 11.9 Å². The van der Waals surface area contributed by atoms with Gasteiger partial charge in [-0.2, -0.15) is 0 Å². The van der Waals surface area contributed by atoms with Crippen LogP contribution in [0.5, 0.6) is 0 Å². The Bertz CT molecular complexity index is 3960. The van der Waals surface area contributed by atoms with Crippen molar-refractivity contribution >= 4 is 119 Å². The first-order valence-electron chi connectivity index (χ1n) is 23.7. The number of hydrogen-bond acceptors (Lipinski definition) is 11. The standard InChI is InChI=1S/C33H31ClN6O4S.C22H19ClN6.2CH4.ClH/c1-33(2,3)44-32(41)35-16-15-23-17-21-13-14-22(18-28(21)37-23)38-31-36-19-27(34)30(39-31)26-20-40(29-12-8-7-11-25(26)29)45(42,43)24-9-5-4-6-10-24;23-18-12-26-22(29-21(18)17-11-25-19-4-2-1-3-16(17)19)28-14-6-5-13-9-15(7-8-24)27-20(13)10-14;;;/h4-14,17-20,37H,15-16H2,1-3H3,(H,35,41)(H,36,38,39);1-6,9-12,25,27H,7-8,24H2,(H,26,28,29);2*1H4;1H. The highest BCUT2D eigenvalue weighted by molar-refractivity contribution is 7.90. The molecule has 0 aliphatic carbocycles. The minimum Gasteiger partial charge on any atom is -0.444 e. The van der Waals surface area contributed by atoms with Gasteiger partial charge in [-0.05, 0) is 105 Å². The average Bonchev–Trinajstić information content (AvgIpc) is 4.23. The van der Waals surface area contributed by atoms with Gasteiger partial charge in [-0.3, -0.25) is 0 Å². The van der Waals surface area contributed by atoms with Gasteiger partial charge in [-0.1, -0.05) is 105 Å². The van der Waals surface area contributed by atoms with E-state index in [1.165, 1.54) is 10.2 Å². The molecule has 0 aliphatic heterocycles. The number of para-hydroxylation sites is 2. The van der Waals surface area contributed by atoms with Crippen LogP contribution in [-0.2, 0) is 27.6 Å². The normalized spacial score (nSPS) is 11.3. The predicted molar refractivity (Wildman–Crippen MR) is 316 cm³/mol. The van der Waals surface area contributed by atoms with E-state index in [1.54, 1.807) is 54.9 Å². The number of alkyl carbamates (subject to hydrolysis) is 1. The smallest absolute Gasteiger partial charge is 0.407 e. The van der Waals surface area contributed by atoms with Crippen molar-refractivity contribution in [3.63, 3.8) is 0 Å². The molecule has 0 fully saturated rings. The molecule has 0 spiro atoms. The number of nitrogens with two attached hydrogens (primary N) is 1. The first-order chi connectivity index (χ1) is 35.7. The summed E-state index contributed by atoms with van der Waals surface area (Å²) in [5.74, 6) is 0.785. The Morgan fingerprint density at radius 2 is 1.23 bits per heavy atom. The Hall–Kier alpha value is -7.93. The minimum atomic E-state index is -3.88. The lowest BCUT2D eigenvalue weighted by atomic mass is 10.1. The Morgan fingerprint density at radius 3 is 1.83 bits per heavy atom. The number of fused-ring (bicyclic) bond motifs is 4. The largest absolute Gasteiger partial charge is 0.444 e. The third-order valence-corrected chi connectivity index (χ3v) is 14.2. The number of hydrogen-bond donors (Lipinski definition) is 7. The molecule has 8 N–H and O–H groups in total. The second-order valence-electron chi connectivity index (χ2n) is 18.4. The Kier molecular flexibility index (Phi) is 17.7. The molecule has 0 unspecified atom stereocenters. The number of H-pyrrole nitrogens is 3. The molecule has 11 aromatic rings. The Labute approximate surface area is 462 Å². The van der Waals surface area contributed by atoms with Crippen LogP contribution in [0, 0.1) is 0 Å². The molecule has 0 atom stereocenters. The summed E-state index contributed by atoms with van der Waals surface area (Å²) < 4.78 is 33.7. The molecular formula is C57H59Cl3N12O4S. The molecule has 1 amide bonds. The number of carbonyl (C=O) groups is 1. The lowest BCUT2D eigenvalue weighted by molar-refractivity contribution is 0.0528. The fourth-order valence-electron chi connectivity index (χ4n) is 8.57. The quantitative estimate of drug-likeness (QED) is 0.0575. The zero-order valence-electron chi connectivity index (χ0n) is 40.8. The fraction of sp³-hybridized carbons (Fsp3) is 0.175. The molecule has 16 nitrogen and oxygen atoms in total. The van der Waals surface area contributed by atoms with Crippen molar-refractivity contribution < 1.29 is 17.9 Å². The number of aromatic amines is 3. The number of ether oxygens (including phenoxy) is 1. The highest BCUT2D eigenvalue weighted by Crippen LogP contribution is 2.37. The van der Waals surface area contributed by atoms with Crippen LogP contribution in [0.4, 0.5) is 28.1 Å². The van der Waals surface area contributed by atoms with Crippen LogP contribution in [0.1, 0.15) is 47.0 Å². The summed E-state index contributed by atoms with van der Waals surface area (Å²) in [7, 11) is -3.88. The van der Waals surface area contributed by atoms with Gasteiger partial charge in [-0.25, -0.2) is 37.1 Å². The topological polar surface area (TPSA) is 226 Å². The van der Waals surface area contributed by atoms with Crippen molar-refractivity contribution in [3.05, 3.63) is 174 Å². The predicted octanol–water partition coefficient (Wildman–Crippen LogP) is 14.0. The second-order valence-corrected chi connectivity index (χ2v) is 21.0. The summed E-state index contributed by atoms with van der Waals surface area (Å²) >= 11 is 13.0. The SMILES string of the molecule is C.C.CC(C)(C)OC(=O)NCCc1cc2ccc(Nc3ncc(Cl)c(-c4cn(S(=O)(=O)c5ccccc5)c5ccccc45)n3)cc2[nH]1.Cl.NCCc1cc2ccc(Nc3ncc(Cl)c(-c4c[nH]c5ccccc45)n3)cc2[nH]1. The van der Waals surface area contributed by atoms with Gasteiger partial charge in [0.1, 0.15) is 5.60 Å². The van der Waals surface area contributed by atoms with Crippen LogP contribution in [0.25, 0.3) is 66.1 Å². The summed E-state index contributed by atoms with van der Waals surface area (Å²) in [6.45, 7) is 6.52. The number of nitrogens with one attached hydrogen (secondary N) is 6. The van der Waals surface area contributed by atoms with Gasteiger partial charge in [0.15, 0.2) is 0 Å². The van der Waals surface area contributed by atoms with Gasteiger partial charge in [0.25, 0.3) is 10.0 Å². The Balaban J connectivity index is 0.000000233. The van der Waals surface area contributed by atoms with Crippen molar-refractivity contribution in [2.75, 3.05) is 23.7 Å². The third kappa shape index (κ3) is 12.7. The summed E-state index contributed by atoms with van der Waals surface area (Å²) in [6.07, 6.45) is 7.57. The molecule has 0 bridgehead atoms. The molecule has 0 saturated carbocycles.